The highest BCUT2D eigenvalue weighted by Crippen LogP contribution is 2.30. The normalized spacial score (nSPS) is 10.7. The Kier molecular flexibility index (Phi) is 3.71. The molecule has 0 aliphatic heterocycles. The first kappa shape index (κ1) is 13.7. The fourth-order valence-corrected chi connectivity index (χ4v) is 2.03. The van der Waals surface area contributed by atoms with E-state index in [-0.39, 0.29) is 11.6 Å². The van der Waals surface area contributed by atoms with Crippen LogP contribution in [0.2, 0.25) is 0 Å². The lowest BCUT2D eigenvalue weighted by Gasteiger charge is -1.96. The van der Waals surface area contributed by atoms with Gasteiger partial charge in [0.1, 0.15) is 23.1 Å². The minimum Gasteiger partial charge on any atom is -0.507 e. The largest absolute Gasteiger partial charge is 0.507 e. The van der Waals surface area contributed by atoms with Gasteiger partial charge in [-0.2, -0.15) is 5.26 Å². The molecular weight excluding hydrogens is 276 g/mol. The lowest BCUT2D eigenvalue weighted by molar-refractivity contribution is 0.474. The van der Waals surface area contributed by atoms with Crippen molar-refractivity contribution in [2.45, 2.75) is 0 Å². The Labute approximate surface area is 127 Å². The molecule has 0 fully saturated rings. The Morgan fingerprint density at radius 2 is 1.77 bits per heavy atom. The second kappa shape index (κ2) is 5.98. The van der Waals surface area contributed by atoms with E-state index in [0.29, 0.717) is 16.9 Å². The first-order chi connectivity index (χ1) is 10.8. The summed E-state index contributed by atoms with van der Waals surface area (Å²) in [4.78, 5) is 4.18. The Morgan fingerprint density at radius 1 is 1.05 bits per heavy atom. The van der Waals surface area contributed by atoms with Crippen molar-refractivity contribution in [1.82, 2.24) is 0 Å². The Balaban J connectivity index is 1.96. The van der Waals surface area contributed by atoms with E-state index in [1.54, 1.807) is 30.3 Å². The number of rotatable bonds is 3. The summed E-state index contributed by atoms with van der Waals surface area (Å²) in [5.41, 5.74) is 1.79. The van der Waals surface area contributed by atoms with Crippen molar-refractivity contribution in [3.63, 3.8) is 0 Å². The third-order valence-electron chi connectivity index (χ3n) is 3.15. The van der Waals surface area contributed by atoms with Crippen molar-refractivity contribution in [2.24, 2.45) is 4.99 Å². The smallest absolute Gasteiger partial charge is 0.237 e. The van der Waals surface area contributed by atoms with Gasteiger partial charge in [-0.25, -0.2) is 4.99 Å². The van der Waals surface area contributed by atoms with Crippen LogP contribution in [-0.2, 0) is 0 Å². The highest BCUT2D eigenvalue weighted by atomic mass is 16.4. The molecule has 3 rings (SSSR count). The summed E-state index contributed by atoms with van der Waals surface area (Å²) in [5, 5.41) is 18.9. The number of nitrogens with zero attached hydrogens (tertiary/aromatic N) is 2. The van der Waals surface area contributed by atoms with Crippen molar-refractivity contribution >= 4 is 12.1 Å². The van der Waals surface area contributed by atoms with E-state index < -0.39 is 0 Å². The van der Waals surface area contributed by atoms with E-state index in [2.05, 4.69) is 11.1 Å². The fourth-order valence-electron chi connectivity index (χ4n) is 2.03. The van der Waals surface area contributed by atoms with Crippen LogP contribution in [0.4, 0.5) is 5.88 Å². The molecule has 4 heteroatoms. The first-order valence-corrected chi connectivity index (χ1v) is 6.69. The van der Waals surface area contributed by atoms with Gasteiger partial charge < -0.3 is 9.52 Å². The van der Waals surface area contributed by atoms with E-state index in [4.69, 9.17) is 4.42 Å². The van der Waals surface area contributed by atoms with Gasteiger partial charge in [-0.15, -0.1) is 0 Å². The van der Waals surface area contributed by atoms with Gasteiger partial charge in [-0.3, -0.25) is 0 Å². The number of hydrogen-bond donors (Lipinski definition) is 1. The molecule has 0 unspecified atom stereocenters. The minimum absolute atomic E-state index is 0.125. The van der Waals surface area contributed by atoms with Crippen LogP contribution in [0.5, 0.6) is 5.75 Å². The molecule has 0 bridgehead atoms. The van der Waals surface area contributed by atoms with Crippen molar-refractivity contribution in [3.05, 3.63) is 71.8 Å². The Hall–Kier alpha value is -3.32. The zero-order chi connectivity index (χ0) is 15.4. The average Bonchev–Trinajstić information content (AvgIpc) is 2.98. The number of aromatic hydroxyl groups is 1. The van der Waals surface area contributed by atoms with Gasteiger partial charge in [0.05, 0.1) is 0 Å². The summed E-state index contributed by atoms with van der Waals surface area (Å²) in [7, 11) is 0. The van der Waals surface area contributed by atoms with Crippen LogP contribution in [-0.4, -0.2) is 11.3 Å². The summed E-state index contributed by atoms with van der Waals surface area (Å²) in [6.07, 6.45) is 1.48. The van der Waals surface area contributed by atoms with Crippen LogP contribution in [0, 0.1) is 11.3 Å². The number of para-hydroxylation sites is 1. The molecule has 4 nitrogen and oxygen atoms in total. The number of furan rings is 1. The van der Waals surface area contributed by atoms with E-state index in [1.165, 1.54) is 6.21 Å². The van der Waals surface area contributed by atoms with Crippen LogP contribution >= 0.6 is 0 Å². The van der Waals surface area contributed by atoms with Crippen molar-refractivity contribution in [3.8, 4) is 23.1 Å². The minimum atomic E-state index is 0.125. The predicted octanol–water partition coefficient (Wildman–Crippen LogP) is 4.27. The number of benzene rings is 2. The van der Waals surface area contributed by atoms with E-state index in [0.717, 1.165) is 5.56 Å². The number of nitriles is 1. The molecule has 0 spiro atoms. The topological polar surface area (TPSA) is 69.5 Å². The lowest BCUT2D eigenvalue weighted by atomic mass is 10.1. The van der Waals surface area contributed by atoms with Crippen LogP contribution < -0.4 is 0 Å². The Bertz CT molecular complexity index is 858. The molecule has 22 heavy (non-hydrogen) atoms. The lowest BCUT2D eigenvalue weighted by Crippen LogP contribution is -1.80. The van der Waals surface area contributed by atoms with Gasteiger partial charge in [0.2, 0.25) is 5.88 Å². The van der Waals surface area contributed by atoms with E-state index in [9.17, 15) is 10.4 Å². The molecule has 2 aromatic carbocycles. The summed E-state index contributed by atoms with van der Waals surface area (Å²) < 4.78 is 5.65. The molecule has 0 amide bonds. The van der Waals surface area contributed by atoms with Gasteiger partial charge in [0, 0.05) is 23.4 Å². The van der Waals surface area contributed by atoms with Gasteiger partial charge in [0.15, 0.2) is 0 Å². The molecule has 1 heterocycles. The summed E-state index contributed by atoms with van der Waals surface area (Å²) in [6, 6.07) is 20.1. The monoisotopic (exact) mass is 288 g/mol. The number of aliphatic imine (C=N–C) groups is 1. The molecule has 0 saturated carbocycles. The van der Waals surface area contributed by atoms with Gasteiger partial charge in [-0.1, -0.05) is 42.5 Å². The molecule has 1 N–H and O–H groups in total. The van der Waals surface area contributed by atoms with Crippen LogP contribution in [0.1, 0.15) is 11.1 Å². The second-order valence-corrected chi connectivity index (χ2v) is 4.62. The third-order valence-corrected chi connectivity index (χ3v) is 3.15. The average molecular weight is 288 g/mol. The molecule has 1 aromatic heterocycles. The second-order valence-electron chi connectivity index (χ2n) is 4.62. The fraction of sp³-hybridized carbons (Fsp3) is 0. The molecule has 3 aromatic rings. The van der Waals surface area contributed by atoms with Crippen molar-refractivity contribution < 1.29 is 9.52 Å². The van der Waals surface area contributed by atoms with E-state index >= 15 is 0 Å². The maximum atomic E-state index is 9.71. The van der Waals surface area contributed by atoms with Crippen LogP contribution in [0.25, 0.3) is 11.3 Å². The van der Waals surface area contributed by atoms with E-state index in [1.807, 2.05) is 30.3 Å². The van der Waals surface area contributed by atoms with Gasteiger partial charge in [0.25, 0.3) is 0 Å². The standard InChI is InChI=1S/C18H12N2O2/c19-11-15-10-17(13-6-2-1-3-7-13)22-18(15)20-12-14-8-4-5-9-16(14)21/h1-10,12,21H/b20-12+. The Morgan fingerprint density at radius 3 is 2.50 bits per heavy atom. The zero-order valence-electron chi connectivity index (χ0n) is 11.6. The molecule has 0 aliphatic rings. The molecule has 106 valence electrons. The van der Waals surface area contributed by atoms with Crippen LogP contribution in [0.3, 0.4) is 0 Å². The highest BCUT2D eigenvalue weighted by molar-refractivity contribution is 5.85. The number of phenols is 1. The number of hydrogen-bond acceptors (Lipinski definition) is 4. The molecular formula is C18H12N2O2. The maximum absolute atomic E-state index is 9.71. The quantitative estimate of drug-likeness (QED) is 0.731. The third kappa shape index (κ3) is 2.74. The summed E-state index contributed by atoms with van der Waals surface area (Å²) in [6.45, 7) is 0. The van der Waals surface area contributed by atoms with Gasteiger partial charge >= 0.3 is 0 Å². The first-order valence-electron chi connectivity index (χ1n) is 6.69. The molecule has 0 radical (unpaired) electrons. The summed E-state index contributed by atoms with van der Waals surface area (Å²) in [5.74, 6) is 0.936. The zero-order valence-corrected chi connectivity index (χ0v) is 11.6. The number of phenolic OH excluding ortho intramolecular Hbond substituents is 1. The molecule has 0 atom stereocenters. The SMILES string of the molecule is N#Cc1cc(-c2ccccc2)oc1/N=C/c1ccccc1O. The highest BCUT2D eigenvalue weighted by Gasteiger charge is 2.11. The molecule has 0 saturated heterocycles. The van der Waals surface area contributed by atoms with Crippen molar-refractivity contribution in [1.29, 1.82) is 5.26 Å². The van der Waals surface area contributed by atoms with Crippen molar-refractivity contribution in [2.75, 3.05) is 0 Å². The summed E-state index contributed by atoms with van der Waals surface area (Å²) >= 11 is 0. The maximum Gasteiger partial charge on any atom is 0.237 e. The van der Waals surface area contributed by atoms with Crippen LogP contribution in [0.15, 0.2) is 70.1 Å². The van der Waals surface area contributed by atoms with Gasteiger partial charge in [-0.05, 0) is 12.1 Å². The predicted molar refractivity (Wildman–Crippen MR) is 84.2 cm³/mol. The molecule has 0 aliphatic carbocycles.